The summed E-state index contributed by atoms with van der Waals surface area (Å²) in [5, 5.41) is 7.06. The molecule has 0 radical (unpaired) electrons. The van der Waals surface area contributed by atoms with Gasteiger partial charge in [-0.3, -0.25) is 4.98 Å². The number of nitrogens with zero attached hydrogens (tertiary/aromatic N) is 1. The van der Waals surface area contributed by atoms with Crippen LogP contribution in [0.4, 0.5) is 0 Å². The highest BCUT2D eigenvalue weighted by molar-refractivity contribution is 5.15. The van der Waals surface area contributed by atoms with Crippen molar-refractivity contribution in [2.75, 3.05) is 13.1 Å². The van der Waals surface area contributed by atoms with Gasteiger partial charge in [0.2, 0.25) is 0 Å². The number of pyridine rings is 1. The highest BCUT2D eigenvalue weighted by atomic mass is 14.9. The van der Waals surface area contributed by atoms with E-state index in [0.717, 1.165) is 50.4 Å². The number of unbranched alkanes of at least 4 members (excludes halogenated alkanes) is 2. The van der Waals surface area contributed by atoms with Gasteiger partial charge in [0.1, 0.15) is 0 Å². The fourth-order valence-corrected chi connectivity index (χ4v) is 3.61. The Hall–Kier alpha value is -2.49. The summed E-state index contributed by atoms with van der Waals surface area (Å²) in [4.78, 5) is 4.78. The van der Waals surface area contributed by atoms with Gasteiger partial charge < -0.3 is 10.6 Å². The van der Waals surface area contributed by atoms with E-state index >= 15 is 0 Å². The smallest absolute Gasteiger partial charge is 0.0545 e. The molecule has 30 heavy (non-hydrogen) atoms. The Morgan fingerprint density at radius 2 is 0.967 bits per heavy atom. The maximum Gasteiger partial charge on any atom is 0.0545 e. The second kappa shape index (κ2) is 13.7. The Morgan fingerprint density at radius 1 is 0.500 bits per heavy atom. The van der Waals surface area contributed by atoms with E-state index in [4.69, 9.17) is 4.98 Å². The zero-order valence-electron chi connectivity index (χ0n) is 18.0. The van der Waals surface area contributed by atoms with Crippen molar-refractivity contribution < 1.29 is 0 Å². The zero-order chi connectivity index (χ0) is 20.7. The lowest BCUT2D eigenvalue weighted by Gasteiger charge is -2.08. The molecule has 1 heterocycles. The van der Waals surface area contributed by atoms with Gasteiger partial charge in [0.25, 0.3) is 0 Å². The summed E-state index contributed by atoms with van der Waals surface area (Å²) in [5.74, 6) is 0. The Kier molecular flexibility index (Phi) is 10.1. The van der Waals surface area contributed by atoms with E-state index in [-0.39, 0.29) is 0 Å². The molecule has 0 saturated carbocycles. The molecule has 3 heteroatoms. The third-order valence-corrected chi connectivity index (χ3v) is 5.30. The number of nitrogens with one attached hydrogen (secondary N) is 2. The first-order valence-electron chi connectivity index (χ1n) is 11.3. The van der Waals surface area contributed by atoms with Gasteiger partial charge in [-0.25, -0.2) is 0 Å². The largest absolute Gasteiger partial charge is 0.311 e. The van der Waals surface area contributed by atoms with Crippen molar-refractivity contribution in [3.63, 3.8) is 0 Å². The highest BCUT2D eigenvalue weighted by Gasteiger charge is 1.99. The van der Waals surface area contributed by atoms with Gasteiger partial charge >= 0.3 is 0 Å². The zero-order valence-corrected chi connectivity index (χ0v) is 18.0. The van der Waals surface area contributed by atoms with Crippen LogP contribution < -0.4 is 10.6 Å². The molecule has 0 unspecified atom stereocenters. The van der Waals surface area contributed by atoms with Gasteiger partial charge in [-0.1, -0.05) is 66.7 Å². The van der Waals surface area contributed by atoms with Crippen LogP contribution in [0.2, 0.25) is 0 Å². The first-order chi connectivity index (χ1) is 14.9. The van der Waals surface area contributed by atoms with E-state index < -0.39 is 0 Å². The van der Waals surface area contributed by atoms with Crippen LogP contribution in [0.25, 0.3) is 0 Å². The van der Waals surface area contributed by atoms with Gasteiger partial charge in [0, 0.05) is 13.1 Å². The molecular weight excluding hydrogens is 366 g/mol. The van der Waals surface area contributed by atoms with Gasteiger partial charge in [-0.05, 0) is 74.9 Å². The Morgan fingerprint density at radius 3 is 1.43 bits per heavy atom. The lowest BCUT2D eigenvalue weighted by molar-refractivity contribution is 0.603. The van der Waals surface area contributed by atoms with E-state index in [0.29, 0.717) is 0 Å². The Bertz CT molecular complexity index is 751. The first-order valence-corrected chi connectivity index (χ1v) is 11.3. The molecular formula is C27H35N3. The van der Waals surface area contributed by atoms with Crippen molar-refractivity contribution in [2.24, 2.45) is 0 Å². The maximum atomic E-state index is 4.78. The number of rotatable bonds is 14. The predicted octanol–water partition coefficient (Wildman–Crippen LogP) is 5.31. The van der Waals surface area contributed by atoms with Crippen molar-refractivity contribution >= 4 is 0 Å². The lowest BCUT2D eigenvalue weighted by Crippen LogP contribution is -2.18. The van der Waals surface area contributed by atoms with Crippen LogP contribution in [0, 0.1) is 0 Å². The Labute approximate surface area is 182 Å². The van der Waals surface area contributed by atoms with Crippen molar-refractivity contribution in [1.82, 2.24) is 15.6 Å². The van der Waals surface area contributed by atoms with E-state index in [9.17, 15) is 0 Å². The van der Waals surface area contributed by atoms with Crippen molar-refractivity contribution in [2.45, 2.75) is 51.6 Å². The van der Waals surface area contributed by atoms with Crippen LogP contribution >= 0.6 is 0 Å². The number of aromatic nitrogens is 1. The first kappa shape index (κ1) is 22.2. The summed E-state index contributed by atoms with van der Waals surface area (Å²) < 4.78 is 0. The summed E-state index contributed by atoms with van der Waals surface area (Å²) in [6.07, 6.45) is 7.15. The number of benzene rings is 2. The lowest BCUT2D eigenvalue weighted by atomic mass is 10.1. The number of hydrogen-bond donors (Lipinski definition) is 2. The minimum absolute atomic E-state index is 0.844. The van der Waals surface area contributed by atoms with Crippen LogP contribution in [-0.4, -0.2) is 18.1 Å². The molecule has 0 aliphatic heterocycles. The third kappa shape index (κ3) is 8.89. The second-order valence-corrected chi connectivity index (χ2v) is 7.86. The van der Waals surface area contributed by atoms with E-state index in [1.165, 1.54) is 36.8 Å². The van der Waals surface area contributed by atoms with E-state index in [2.05, 4.69) is 89.5 Å². The molecule has 0 aliphatic carbocycles. The molecule has 158 valence electrons. The normalized spacial score (nSPS) is 10.9. The summed E-state index contributed by atoms with van der Waals surface area (Å²) in [6, 6.07) is 27.8. The topological polar surface area (TPSA) is 37.0 Å². The van der Waals surface area contributed by atoms with Crippen LogP contribution in [0.1, 0.15) is 48.2 Å². The quantitative estimate of drug-likeness (QED) is 0.360. The molecule has 3 aromatic rings. The average Bonchev–Trinajstić information content (AvgIpc) is 2.80. The molecule has 3 rings (SSSR count). The number of aryl methyl sites for hydroxylation is 2. The van der Waals surface area contributed by atoms with Crippen LogP contribution in [0.3, 0.4) is 0 Å². The molecule has 0 fully saturated rings. The minimum atomic E-state index is 0.844. The molecule has 0 spiro atoms. The van der Waals surface area contributed by atoms with Gasteiger partial charge in [-0.2, -0.15) is 0 Å². The van der Waals surface area contributed by atoms with Crippen LogP contribution in [-0.2, 0) is 25.9 Å². The minimum Gasteiger partial charge on any atom is -0.311 e. The molecule has 0 bridgehead atoms. The fraction of sp³-hybridized carbons (Fsp3) is 0.370. The molecule has 0 aliphatic rings. The summed E-state index contributed by atoms with van der Waals surface area (Å²) in [6.45, 7) is 3.77. The van der Waals surface area contributed by atoms with Crippen molar-refractivity contribution in [3.05, 3.63) is 101 Å². The number of hydrogen-bond acceptors (Lipinski definition) is 3. The molecule has 1 aromatic heterocycles. The second-order valence-electron chi connectivity index (χ2n) is 7.86. The van der Waals surface area contributed by atoms with E-state index in [1.807, 2.05) is 0 Å². The fourth-order valence-electron chi connectivity index (χ4n) is 3.61. The van der Waals surface area contributed by atoms with Gasteiger partial charge in [-0.15, -0.1) is 0 Å². The SMILES string of the molecule is c1ccc(CCCCNCc2cccc(CNCCCCc3ccccc3)n2)cc1. The summed E-state index contributed by atoms with van der Waals surface area (Å²) >= 11 is 0. The molecule has 3 nitrogen and oxygen atoms in total. The van der Waals surface area contributed by atoms with Crippen LogP contribution in [0.15, 0.2) is 78.9 Å². The van der Waals surface area contributed by atoms with Crippen molar-refractivity contribution in [3.8, 4) is 0 Å². The molecule has 2 N–H and O–H groups in total. The average molecular weight is 402 g/mol. The molecule has 0 amide bonds. The van der Waals surface area contributed by atoms with Gasteiger partial charge in [0.05, 0.1) is 11.4 Å². The predicted molar refractivity (Wildman–Crippen MR) is 126 cm³/mol. The Balaban J connectivity index is 1.23. The summed E-state index contributed by atoms with van der Waals surface area (Å²) in [7, 11) is 0. The van der Waals surface area contributed by atoms with Gasteiger partial charge in [0.15, 0.2) is 0 Å². The van der Waals surface area contributed by atoms with Crippen LogP contribution in [0.5, 0.6) is 0 Å². The maximum absolute atomic E-state index is 4.78. The third-order valence-electron chi connectivity index (χ3n) is 5.30. The molecule has 0 saturated heterocycles. The van der Waals surface area contributed by atoms with E-state index in [1.54, 1.807) is 0 Å². The molecule has 0 atom stereocenters. The standard InChI is InChI=1S/C27H35N3/c1-3-12-24(13-4-1)16-7-9-20-28-22-26-18-11-19-27(30-26)23-29-21-10-8-17-25-14-5-2-6-15-25/h1-6,11-15,18-19,28-29H,7-10,16-17,20-23H2. The summed E-state index contributed by atoms with van der Waals surface area (Å²) in [5.41, 5.74) is 5.11. The monoisotopic (exact) mass is 401 g/mol. The highest BCUT2D eigenvalue weighted by Crippen LogP contribution is 2.05. The van der Waals surface area contributed by atoms with Crippen molar-refractivity contribution in [1.29, 1.82) is 0 Å². The molecule has 2 aromatic carbocycles.